The summed E-state index contributed by atoms with van der Waals surface area (Å²) >= 11 is 1.37. The van der Waals surface area contributed by atoms with Crippen molar-refractivity contribution in [3.05, 3.63) is 18.1 Å². The predicted molar refractivity (Wildman–Crippen MR) is 64.8 cm³/mol. The van der Waals surface area contributed by atoms with Crippen molar-refractivity contribution in [3.63, 3.8) is 0 Å². The number of nitrogens with two attached hydrogens (primary N) is 1. The van der Waals surface area contributed by atoms with Crippen LogP contribution in [0.1, 0.15) is 25.5 Å². The monoisotopic (exact) mass is 261 g/mol. The van der Waals surface area contributed by atoms with Gasteiger partial charge in [0.15, 0.2) is 0 Å². The Morgan fingerprint density at radius 1 is 1.44 bits per heavy atom. The molecule has 0 aromatic carbocycles. The van der Waals surface area contributed by atoms with E-state index in [4.69, 9.17) is 5.14 Å². The third-order valence-electron chi connectivity index (χ3n) is 1.87. The molecule has 0 unspecified atom stereocenters. The van der Waals surface area contributed by atoms with E-state index in [9.17, 15) is 8.42 Å². The number of primary sulfonamides is 1. The Hall–Kier alpha value is -0.660. The van der Waals surface area contributed by atoms with Crippen LogP contribution < -0.4 is 5.14 Å². The van der Waals surface area contributed by atoms with Crippen LogP contribution in [0.5, 0.6) is 0 Å². The first-order valence-electron chi connectivity index (χ1n) is 4.83. The number of hydrogen-bond donors (Lipinski definition) is 1. The van der Waals surface area contributed by atoms with Crippen LogP contribution in [0.25, 0.3) is 0 Å². The third-order valence-corrected chi connectivity index (χ3v) is 3.83. The van der Waals surface area contributed by atoms with Gasteiger partial charge in [-0.05, 0) is 12.0 Å². The maximum Gasteiger partial charge on any atom is 0.209 e. The lowest BCUT2D eigenvalue weighted by Gasteiger charge is -2.05. The maximum atomic E-state index is 10.7. The van der Waals surface area contributed by atoms with Crippen LogP contribution >= 0.6 is 11.8 Å². The fourth-order valence-corrected chi connectivity index (χ4v) is 2.81. The van der Waals surface area contributed by atoms with Gasteiger partial charge in [-0.1, -0.05) is 13.8 Å². The average Bonchev–Trinajstić information content (AvgIpc) is 2.16. The van der Waals surface area contributed by atoms with Gasteiger partial charge in [0.05, 0.1) is 10.8 Å². The van der Waals surface area contributed by atoms with Gasteiger partial charge in [0, 0.05) is 11.4 Å². The molecule has 0 saturated heterocycles. The van der Waals surface area contributed by atoms with Crippen LogP contribution in [0.2, 0.25) is 0 Å². The minimum atomic E-state index is -3.38. The smallest absolute Gasteiger partial charge is 0.209 e. The van der Waals surface area contributed by atoms with Crippen molar-refractivity contribution in [1.29, 1.82) is 0 Å². The number of sulfonamides is 1. The quantitative estimate of drug-likeness (QED) is 0.630. The van der Waals surface area contributed by atoms with Crippen molar-refractivity contribution in [2.45, 2.75) is 24.8 Å². The van der Waals surface area contributed by atoms with Crippen molar-refractivity contribution >= 4 is 21.8 Å². The zero-order valence-corrected chi connectivity index (χ0v) is 10.9. The summed E-state index contributed by atoms with van der Waals surface area (Å²) in [5.74, 6) is 0.701. The van der Waals surface area contributed by atoms with E-state index in [-0.39, 0.29) is 5.75 Å². The summed E-state index contributed by atoms with van der Waals surface area (Å²) in [6.07, 6.45) is 1.49. The molecule has 0 amide bonds. The summed E-state index contributed by atoms with van der Waals surface area (Å²) < 4.78 is 21.5. The average molecular weight is 261 g/mol. The van der Waals surface area contributed by atoms with Gasteiger partial charge >= 0.3 is 0 Å². The topological polar surface area (TPSA) is 85.9 Å². The molecule has 0 radical (unpaired) electrons. The summed E-state index contributed by atoms with van der Waals surface area (Å²) in [7, 11) is -3.38. The first kappa shape index (κ1) is 13.4. The first-order chi connectivity index (χ1) is 7.38. The molecule has 90 valence electrons. The molecule has 5 nitrogen and oxygen atoms in total. The molecule has 0 fully saturated rings. The highest BCUT2D eigenvalue weighted by atomic mass is 32.2. The second-order valence-electron chi connectivity index (χ2n) is 3.65. The zero-order valence-electron chi connectivity index (χ0n) is 9.25. The van der Waals surface area contributed by atoms with Crippen LogP contribution in [0, 0.1) is 0 Å². The molecule has 0 spiro atoms. The molecule has 1 rings (SSSR count). The van der Waals surface area contributed by atoms with E-state index in [1.165, 1.54) is 18.1 Å². The largest absolute Gasteiger partial charge is 0.241 e. The van der Waals surface area contributed by atoms with Crippen molar-refractivity contribution in [2.24, 2.45) is 5.14 Å². The highest BCUT2D eigenvalue weighted by molar-refractivity contribution is 8.00. The molecular formula is C9H15N3O2S2. The van der Waals surface area contributed by atoms with Gasteiger partial charge in [0.25, 0.3) is 0 Å². The van der Waals surface area contributed by atoms with E-state index in [1.54, 1.807) is 0 Å². The lowest BCUT2D eigenvalue weighted by Crippen LogP contribution is -2.17. The minimum absolute atomic E-state index is 0.0430. The second kappa shape index (κ2) is 5.60. The first-order valence-corrected chi connectivity index (χ1v) is 7.54. The summed E-state index contributed by atoms with van der Waals surface area (Å²) in [5.41, 5.74) is 0.952. The van der Waals surface area contributed by atoms with Crippen molar-refractivity contribution in [3.8, 4) is 0 Å². The number of nitrogens with zero attached hydrogens (tertiary/aromatic N) is 2. The molecule has 1 aromatic rings. The van der Waals surface area contributed by atoms with Gasteiger partial charge in [0.2, 0.25) is 10.0 Å². The van der Waals surface area contributed by atoms with Crippen molar-refractivity contribution in [1.82, 2.24) is 9.97 Å². The van der Waals surface area contributed by atoms with E-state index in [1.807, 2.05) is 19.9 Å². The summed E-state index contributed by atoms with van der Waals surface area (Å²) in [5, 5.41) is 5.68. The van der Waals surface area contributed by atoms with Gasteiger partial charge in [-0.3, -0.25) is 0 Å². The zero-order chi connectivity index (χ0) is 12.2. The van der Waals surface area contributed by atoms with E-state index >= 15 is 0 Å². The fraction of sp³-hybridized carbons (Fsp3) is 0.556. The third kappa shape index (κ3) is 4.91. The van der Waals surface area contributed by atoms with Gasteiger partial charge < -0.3 is 0 Å². The number of thioether (sulfide) groups is 1. The van der Waals surface area contributed by atoms with Crippen LogP contribution in [-0.4, -0.2) is 29.9 Å². The van der Waals surface area contributed by atoms with Crippen molar-refractivity contribution in [2.75, 3.05) is 11.5 Å². The van der Waals surface area contributed by atoms with Crippen LogP contribution in [0.15, 0.2) is 17.4 Å². The van der Waals surface area contributed by atoms with Crippen LogP contribution in [-0.2, 0) is 10.0 Å². The Balaban J connectivity index is 2.58. The molecular weight excluding hydrogens is 246 g/mol. The molecule has 0 saturated carbocycles. The van der Waals surface area contributed by atoms with Gasteiger partial charge in [0.1, 0.15) is 6.33 Å². The van der Waals surface area contributed by atoms with E-state index < -0.39 is 10.0 Å². The minimum Gasteiger partial charge on any atom is -0.241 e. The Labute approximate surface area is 99.9 Å². The van der Waals surface area contributed by atoms with Gasteiger partial charge in [-0.15, -0.1) is 11.8 Å². The molecule has 0 atom stereocenters. The summed E-state index contributed by atoms with van der Waals surface area (Å²) in [6, 6.07) is 1.87. The highest BCUT2D eigenvalue weighted by Gasteiger charge is 2.06. The van der Waals surface area contributed by atoms with Crippen molar-refractivity contribution < 1.29 is 8.42 Å². The summed E-state index contributed by atoms with van der Waals surface area (Å²) in [6.45, 7) is 4.09. The molecule has 0 aliphatic rings. The van der Waals surface area contributed by atoms with Crippen LogP contribution in [0.4, 0.5) is 0 Å². The Bertz CT molecular complexity index is 446. The van der Waals surface area contributed by atoms with Crippen LogP contribution in [0.3, 0.4) is 0 Å². The maximum absolute atomic E-state index is 10.7. The predicted octanol–water partition coefficient (Wildman–Crippen LogP) is 0.981. The normalized spacial score (nSPS) is 12.0. The van der Waals surface area contributed by atoms with E-state index in [2.05, 4.69) is 9.97 Å². The molecule has 0 bridgehead atoms. The van der Waals surface area contributed by atoms with Gasteiger partial charge in [-0.25, -0.2) is 23.5 Å². The number of rotatable bonds is 5. The van der Waals surface area contributed by atoms with Gasteiger partial charge in [-0.2, -0.15) is 0 Å². The molecule has 2 N–H and O–H groups in total. The lowest BCUT2D eigenvalue weighted by atomic mass is 10.1. The SMILES string of the molecule is CC(C)c1cc(SCCS(N)(=O)=O)ncn1. The van der Waals surface area contributed by atoms with E-state index in [0.717, 1.165) is 10.7 Å². The molecule has 7 heteroatoms. The molecule has 16 heavy (non-hydrogen) atoms. The Morgan fingerprint density at radius 2 is 2.12 bits per heavy atom. The molecule has 0 aliphatic carbocycles. The number of aromatic nitrogens is 2. The molecule has 1 aromatic heterocycles. The molecule has 0 aliphatic heterocycles. The Morgan fingerprint density at radius 3 is 2.69 bits per heavy atom. The second-order valence-corrected chi connectivity index (χ2v) is 6.50. The fourth-order valence-electron chi connectivity index (χ4n) is 1.01. The Kier molecular flexibility index (Phi) is 4.69. The standard InChI is InChI=1S/C9H15N3O2S2/c1-7(2)8-5-9(12-6-11-8)15-3-4-16(10,13)14/h5-7H,3-4H2,1-2H3,(H2,10,13,14). The number of hydrogen-bond acceptors (Lipinski definition) is 5. The lowest BCUT2D eigenvalue weighted by molar-refractivity contribution is 0.599. The highest BCUT2D eigenvalue weighted by Crippen LogP contribution is 2.18. The van der Waals surface area contributed by atoms with E-state index in [0.29, 0.717) is 11.7 Å². The summed E-state index contributed by atoms with van der Waals surface area (Å²) in [4.78, 5) is 8.19. The molecule has 1 heterocycles.